The van der Waals surface area contributed by atoms with Crippen LogP contribution in [0.5, 0.6) is 0 Å². The summed E-state index contributed by atoms with van der Waals surface area (Å²) < 4.78 is 0. The largest absolute Gasteiger partial charge is 0.370 e. The predicted octanol–water partition coefficient (Wildman–Crippen LogP) is 2.76. The molecule has 0 saturated carbocycles. The quantitative estimate of drug-likeness (QED) is 0.930. The summed E-state index contributed by atoms with van der Waals surface area (Å²) in [5.41, 5.74) is 8.55. The van der Waals surface area contributed by atoms with Gasteiger partial charge in [0.25, 0.3) is 0 Å². The molecule has 114 valence electrons. The van der Waals surface area contributed by atoms with Crippen LogP contribution in [0.3, 0.4) is 0 Å². The molecule has 0 radical (unpaired) electrons. The molecule has 2 fully saturated rings. The van der Waals surface area contributed by atoms with Crippen LogP contribution in [0.4, 0.5) is 11.4 Å². The molecule has 2 N–H and O–H groups in total. The number of nitrogens with two attached hydrogens (primary N) is 1. The Bertz CT molecular complexity index is 523. The molecule has 1 aromatic rings. The minimum absolute atomic E-state index is 0.339. The minimum Gasteiger partial charge on any atom is -0.370 e. The average molecular weight is 287 g/mol. The van der Waals surface area contributed by atoms with Crippen molar-refractivity contribution in [1.82, 2.24) is 0 Å². The van der Waals surface area contributed by atoms with Gasteiger partial charge >= 0.3 is 0 Å². The van der Waals surface area contributed by atoms with E-state index in [4.69, 9.17) is 5.73 Å². The molecule has 0 aliphatic carbocycles. The van der Waals surface area contributed by atoms with E-state index in [0.717, 1.165) is 19.6 Å². The van der Waals surface area contributed by atoms with Crippen LogP contribution in [0, 0.1) is 0 Å². The number of carbonyl (C=O) groups excluding carboxylic acids is 1. The van der Waals surface area contributed by atoms with Crippen LogP contribution in [-0.4, -0.2) is 31.6 Å². The number of rotatable bonds is 3. The van der Waals surface area contributed by atoms with Crippen molar-refractivity contribution in [3.63, 3.8) is 0 Å². The molecular weight excluding hydrogens is 262 g/mol. The fraction of sp³-hybridized carbons (Fsp3) is 0.588. The summed E-state index contributed by atoms with van der Waals surface area (Å²) in [4.78, 5) is 16.4. The summed E-state index contributed by atoms with van der Waals surface area (Å²) in [6.45, 7) is 5.57. The lowest BCUT2D eigenvalue weighted by atomic mass is 10.0. The molecule has 1 atom stereocenters. The maximum absolute atomic E-state index is 11.5. The van der Waals surface area contributed by atoms with Gasteiger partial charge in [-0.15, -0.1) is 0 Å². The van der Waals surface area contributed by atoms with Crippen molar-refractivity contribution in [1.29, 1.82) is 0 Å². The molecule has 2 heterocycles. The van der Waals surface area contributed by atoms with Crippen molar-refractivity contribution in [2.45, 2.75) is 45.1 Å². The van der Waals surface area contributed by atoms with Gasteiger partial charge in [0, 0.05) is 31.2 Å². The normalized spacial score (nSPS) is 22.6. The molecule has 2 saturated heterocycles. The summed E-state index contributed by atoms with van der Waals surface area (Å²) in [6, 6.07) is 6.53. The lowest BCUT2D eigenvalue weighted by Crippen LogP contribution is -2.38. The fourth-order valence-electron chi connectivity index (χ4n) is 3.59. The smallest absolute Gasteiger partial charge is 0.248 e. The van der Waals surface area contributed by atoms with Gasteiger partial charge in [-0.1, -0.05) is 0 Å². The number of benzene rings is 1. The first-order chi connectivity index (χ1) is 10.2. The number of amides is 1. The highest BCUT2D eigenvalue weighted by atomic mass is 16.1. The number of hydrogen-bond acceptors (Lipinski definition) is 3. The summed E-state index contributed by atoms with van der Waals surface area (Å²) in [5, 5.41) is 0. The molecule has 4 nitrogen and oxygen atoms in total. The Kier molecular flexibility index (Phi) is 4.04. The maximum Gasteiger partial charge on any atom is 0.248 e. The van der Waals surface area contributed by atoms with Crippen LogP contribution in [-0.2, 0) is 0 Å². The number of hydrogen-bond donors (Lipinski definition) is 1. The summed E-state index contributed by atoms with van der Waals surface area (Å²) in [6.07, 6.45) is 6.28. The summed E-state index contributed by atoms with van der Waals surface area (Å²) in [7, 11) is 0. The number of carbonyl (C=O) groups is 1. The molecule has 4 heteroatoms. The van der Waals surface area contributed by atoms with E-state index in [1.54, 1.807) is 0 Å². The predicted molar refractivity (Wildman–Crippen MR) is 87.1 cm³/mol. The van der Waals surface area contributed by atoms with E-state index in [2.05, 4.69) is 22.8 Å². The maximum atomic E-state index is 11.5. The fourth-order valence-corrected chi connectivity index (χ4v) is 3.59. The topological polar surface area (TPSA) is 49.6 Å². The Morgan fingerprint density at radius 2 is 1.81 bits per heavy atom. The van der Waals surface area contributed by atoms with E-state index in [0.29, 0.717) is 11.6 Å². The van der Waals surface area contributed by atoms with Gasteiger partial charge in [0.15, 0.2) is 0 Å². The zero-order chi connectivity index (χ0) is 14.8. The van der Waals surface area contributed by atoms with Crippen molar-refractivity contribution >= 4 is 17.3 Å². The van der Waals surface area contributed by atoms with E-state index in [1.165, 1.54) is 43.5 Å². The van der Waals surface area contributed by atoms with E-state index >= 15 is 0 Å². The highest BCUT2D eigenvalue weighted by Gasteiger charge is 2.24. The first-order valence-corrected chi connectivity index (χ1v) is 8.12. The van der Waals surface area contributed by atoms with Gasteiger partial charge in [0.1, 0.15) is 0 Å². The Morgan fingerprint density at radius 3 is 2.48 bits per heavy atom. The molecule has 0 bridgehead atoms. The number of anilines is 2. The Balaban J connectivity index is 1.99. The zero-order valence-electron chi connectivity index (χ0n) is 12.8. The van der Waals surface area contributed by atoms with Crippen LogP contribution < -0.4 is 15.5 Å². The van der Waals surface area contributed by atoms with E-state index in [1.807, 2.05) is 12.1 Å². The van der Waals surface area contributed by atoms with E-state index in [9.17, 15) is 4.79 Å². The molecule has 2 aliphatic heterocycles. The molecule has 1 amide bonds. The van der Waals surface area contributed by atoms with Gasteiger partial charge in [-0.2, -0.15) is 0 Å². The number of piperidine rings is 1. The monoisotopic (exact) mass is 287 g/mol. The van der Waals surface area contributed by atoms with Crippen LogP contribution in [0.1, 0.15) is 49.4 Å². The highest BCUT2D eigenvalue weighted by molar-refractivity contribution is 5.95. The second kappa shape index (κ2) is 5.96. The van der Waals surface area contributed by atoms with E-state index in [-0.39, 0.29) is 5.91 Å². The van der Waals surface area contributed by atoms with Gasteiger partial charge in [0.2, 0.25) is 5.91 Å². The van der Waals surface area contributed by atoms with Crippen LogP contribution in [0.2, 0.25) is 0 Å². The molecule has 1 unspecified atom stereocenters. The van der Waals surface area contributed by atoms with Gasteiger partial charge in [-0.25, -0.2) is 0 Å². The number of nitrogens with zero attached hydrogens (tertiary/aromatic N) is 2. The third-order valence-corrected chi connectivity index (χ3v) is 4.82. The molecule has 0 aromatic heterocycles. The molecule has 2 aliphatic rings. The standard InChI is InChI=1S/C17H25N3O/c1-13-6-2-3-11-20(13)15-8-7-14(17(18)21)12-16(15)19-9-4-5-10-19/h7-8,12-13H,2-6,9-11H2,1H3,(H2,18,21). The molecule has 3 rings (SSSR count). The lowest BCUT2D eigenvalue weighted by Gasteiger charge is -2.38. The van der Waals surface area contributed by atoms with Crippen molar-refractivity contribution in [2.24, 2.45) is 5.73 Å². The Hall–Kier alpha value is -1.71. The number of primary amides is 1. The molecular formula is C17H25N3O. The Morgan fingerprint density at radius 1 is 1.10 bits per heavy atom. The zero-order valence-corrected chi connectivity index (χ0v) is 12.8. The molecule has 1 aromatic carbocycles. The summed E-state index contributed by atoms with van der Waals surface area (Å²) in [5.74, 6) is -0.339. The van der Waals surface area contributed by atoms with E-state index < -0.39 is 0 Å². The van der Waals surface area contributed by atoms with Crippen molar-refractivity contribution in [3.05, 3.63) is 23.8 Å². The van der Waals surface area contributed by atoms with Gasteiger partial charge in [0.05, 0.1) is 11.4 Å². The van der Waals surface area contributed by atoms with Gasteiger partial charge in [-0.05, 0) is 57.2 Å². The third kappa shape index (κ3) is 2.85. The van der Waals surface area contributed by atoms with Crippen molar-refractivity contribution in [2.75, 3.05) is 29.4 Å². The van der Waals surface area contributed by atoms with Gasteiger partial charge < -0.3 is 15.5 Å². The van der Waals surface area contributed by atoms with Crippen LogP contribution in [0.25, 0.3) is 0 Å². The SMILES string of the molecule is CC1CCCCN1c1ccc(C(N)=O)cc1N1CCCC1. The first kappa shape index (κ1) is 14.2. The summed E-state index contributed by atoms with van der Waals surface area (Å²) >= 11 is 0. The van der Waals surface area contributed by atoms with Crippen molar-refractivity contribution in [3.8, 4) is 0 Å². The second-order valence-corrected chi connectivity index (χ2v) is 6.30. The third-order valence-electron chi connectivity index (χ3n) is 4.82. The molecule has 21 heavy (non-hydrogen) atoms. The minimum atomic E-state index is -0.339. The van der Waals surface area contributed by atoms with Gasteiger partial charge in [-0.3, -0.25) is 4.79 Å². The van der Waals surface area contributed by atoms with Crippen LogP contribution in [0.15, 0.2) is 18.2 Å². The van der Waals surface area contributed by atoms with Crippen molar-refractivity contribution < 1.29 is 4.79 Å². The Labute approximate surface area is 126 Å². The second-order valence-electron chi connectivity index (χ2n) is 6.30. The highest BCUT2D eigenvalue weighted by Crippen LogP contribution is 2.36. The van der Waals surface area contributed by atoms with Crippen LogP contribution >= 0.6 is 0 Å². The first-order valence-electron chi connectivity index (χ1n) is 8.12. The lowest BCUT2D eigenvalue weighted by molar-refractivity contribution is 0.100. The average Bonchev–Trinajstić information content (AvgIpc) is 3.01. The molecule has 0 spiro atoms.